The van der Waals surface area contributed by atoms with Crippen LogP contribution in [-0.2, 0) is 0 Å². The molecule has 2 N–H and O–H groups in total. The van der Waals surface area contributed by atoms with Gasteiger partial charge in [0.15, 0.2) is 0 Å². The number of rotatable bonds is 5. The lowest BCUT2D eigenvalue weighted by Crippen LogP contribution is -2.50. The zero-order valence-corrected chi connectivity index (χ0v) is 21.0. The Labute approximate surface area is 207 Å². The summed E-state index contributed by atoms with van der Waals surface area (Å²) in [6.45, 7) is 8.22. The fourth-order valence-electron chi connectivity index (χ4n) is 3.71. The number of nitrogens with one attached hydrogen (secondary N) is 1. The average molecular weight is 479 g/mol. The highest BCUT2D eigenvalue weighted by molar-refractivity contribution is 5.97. The maximum absolute atomic E-state index is 13.4. The Balaban J connectivity index is 1.89. The number of urea groups is 1. The highest BCUT2D eigenvalue weighted by atomic mass is 16.5. The van der Waals surface area contributed by atoms with Crippen LogP contribution in [-0.4, -0.2) is 70.7 Å². The summed E-state index contributed by atoms with van der Waals surface area (Å²) < 4.78 is 6.24. The number of aromatic nitrogens is 1. The first-order chi connectivity index (χ1) is 16.7. The normalized spacial score (nSPS) is 18.4. The molecule has 0 saturated heterocycles. The molecule has 186 valence electrons. The van der Waals surface area contributed by atoms with Crippen LogP contribution < -0.4 is 10.1 Å². The minimum absolute atomic E-state index is 0.129. The Hall–Kier alpha value is -3.57. The second kappa shape index (κ2) is 11.7. The largest absolute Gasteiger partial charge is 0.472 e. The maximum Gasteiger partial charge on any atom is 0.321 e. The first-order valence-electron chi connectivity index (χ1n) is 11.9. The van der Waals surface area contributed by atoms with Gasteiger partial charge in [-0.15, -0.1) is 0 Å². The monoisotopic (exact) mass is 478 g/mol. The van der Waals surface area contributed by atoms with E-state index >= 15 is 0 Å². The molecule has 1 aromatic heterocycles. The molecule has 0 unspecified atom stereocenters. The second-order valence-electron chi connectivity index (χ2n) is 9.30. The van der Waals surface area contributed by atoms with E-state index in [-0.39, 0.29) is 48.8 Å². The third-order valence-corrected chi connectivity index (χ3v) is 5.85. The van der Waals surface area contributed by atoms with Crippen LogP contribution in [0, 0.1) is 23.7 Å². The van der Waals surface area contributed by atoms with Crippen LogP contribution in [0.5, 0.6) is 5.88 Å². The van der Waals surface area contributed by atoms with Gasteiger partial charge in [-0.3, -0.25) is 4.79 Å². The third-order valence-electron chi connectivity index (χ3n) is 5.85. The highest BCUT2D eigenvalue weighted by Gasteiger charge is 2.34. The van der Waals surface area contributed by atoms with E-state index in [9.17, 15) is 14.7 Å². The molecule has 3 amide bonds. The van der Waals surface area contributed by atoms with Crippen LogP contribution in [0.4, 0.5) is 10.5 Å². The van der Waals surface area contributed by atoms with Crippen molar-refractivity contribution in [3.63, 3.8) is 0 Å². The van der Waals surface area contributed by atoms with Crippen molar-refractivity contribution in [2.45, 2.75) is 39.8 Å². The maximum atomic E-state index is 13.4. The van der Waals surface area contributed by atoms with Crippen molar-refractivity contribution in [3.8, 4) is 17.7 Å². The summed E-state index contributed by atoms with van der Waals surface area (Å²) >= 11 is 0. The lowest BCUT2D eigenvalue weighted by molar-refractivity contribution is 0.0356. The molecule has 1 aliphatic rings. The Morgan fingerprint density at radius 2 is 2.03 bits per heavy atom. The van der Waals surface area contributed by atoms with Gasteiger partial charge in [0.25, 0.3) is 5.91 Å². The number of likely N-dealkylation sites (N-methyl/N-ethyl adjacent to an activating group) is 1. The summed E-state index contributed by atoms with van der Waals surface area (Å²) in [6.07, 6.45) is 1.16. The number of benzene rings is 1. The molecule has 2 heterocycles. The number of carbonyl (C=O) groups is 2. The van der Waals surface area contributed by atoms with Gasteiger partial charge in [0.1, 0.15) is 11.7 Å². The standard InChI is InChI=1S/C27H34N4O4/c1-18(2)11-12-21-13-23-25(28-14-21)35-24(19(3)15-31(26(23)33)20(4)17-32)16-30(5)27(34)29-22-9-7-6-8-10-22/h6-10,13-14,18-20,24,32H,15-17H2,1-5H3,(H,29,34)/t19-,20-,24+/m1/s1. The lowest BCUT2D eigenvalue weighted by Gasteiger charge is -2.37. The molecule has 0 radical (unpaired) electrons. The molecule has 1 aliphatic heterocycles. The molecule has 0 fully saturated rings. The van der Waals surface area contributed by atoms with E-state index in [1.54, 1.807) is 36.0 Å². The molecule has 0 aliphatic carbocycles. The number of nitrogens with zero attached hydrogens (tertiary/aromatic N) is 3. The first-order valence-corrected chi connectivity index (χ1v) is 11.9. The van der Waals surface area contributed by atoms with Crippen molar-refractivity contribution in [2.75, 3.05) is 32.1 Å². The van der Waals surface area contributed by atoms with Gasteiger partial charge in [0, 0.05) is 42.9 Å². The molecule has 0 spiro atoms. The number of hydrogen-bond donors (Lipinski definition) is 2. The van der Waals surface area contributed by atoms with E-state index in [1.807, 2.05) is 51.1 Å². The summed E-state index contributed by atoms with van der Waals surface area (Å²) in [4.78, 5) is 33.8. The molecule has 8 heteroatoms. The topological polar surface area (TPSA) is 95.0 Å². The fraction of sp³-hybridized carbons (Fsp3) is 0.444. The van der Waals surface area contributed by atoms with Gasteiger partial charge in [-0.2, -0.15) is 0 Å². The molecule has 35 heavy (non-hydrogen) atoms. The van der Waals surface area contributed by atoms with E-state index in [2.05, 4.69) is 22.1 Å². The third kappa shape index (κ3) is 6.74. The number of aliphatic hydroxyl groups is 1. The number of amides is 3. The minimum Gasteiger partial charge on any atom is -0.472 e. The Bertz CT molecular complexity index is 1090. The van der Waals surface area contributed by atoms with Crippen molar-refractivity contribution in [1.29, 1.82) is 0 Å². The summed E-state index contributed by atoms with van der Waals surface area (Å²) in [5.74, 6) is 6.12. The molecule has 3 atom stereocenters. The number of fused-ring (bicyclic) bond motifs is 1. The molecule has 3 rings (SSSR count). The summed E-state index contributed by atoms with van der Waals surface area (Å²) in [6, 6.07) is 10.3. The smallest absolute Gasteiger partial charge is 0.321 e. The predicted octanol–water partition coefficient (Wildman–Crippen LogP) is 3.47. The summed E-state index contributed by atoms with van der Waals surface area (Å²) in [5.41, 5.74) is 1.62. The van der Waals surface area contributed by atoms with E-state index in [0.29, 0.717) is 23.4 Å². The van der Waals surface area contributed by atoms with Crippen LogP contribution in [0.3, 0.4) is 0 Å². The van der Waals surface area contributed by atoms with Crippen molar-refractivity contribution in [1.82, 2.24) is 14.8 Å². The highest BCUT2D eigenvalue weighted by Crippen LogP contribution is 2.27. The summed E-state index contributed by atoms with van der Waals surface area (Å²) in [7, 11) is 1.70. The predicted molar refractivity (Wildman–Crippen MR) is 135 cm³/mol. The van der Waals surface area contributed by atoms with Crippen LogP contribution in [0.15, 0.2) is 42.6 Å². The Morgan fingerprint density at radius 3 is 2.69 bits per heavy atom. The van der Waals surface area contributed by atoms with Crippen LogP contribution >= 0.6 is 0 Å². The van der Waals surface area contributed by atoms with Crippen molar-refractivity contribution >= 4 is 17.6 Å². The van der Waals surface area contributed by atoms with E-state index in [1.165, 1.54) is 0 Å². The molecule has 8 nitrogen and oxygen atoms in total. The van der Waals surface area contributed by atoms with Gasteiger partial charge in [-0.25, -0.2) is 9.78 Å². The van der Waals surface area contributed by atoms with E-state index in [0.717, 1.165) is 0 Å². The Kier molecular flexibility index (Phi) is 8.72. The number of ether oxygens (including phenoxy) is 1. The first kappa shape index (κ1) is 26.0. The van der Waals surface area contributed by atoms with Crippen LogP contribution in [0.1, 0.15) is 43.6 Å². The molecule has 0 bridgehead atoms. The number of pyridine rings is 1. The number of para-hydroxylation sites is 1. The number of aliphatic hydroxyl groups excluding tert-OH is 1. The van der Waals surface area contributed by atoms with E-state index < -0.39 is 6.10 Å². The van der Waals surface area contributed by atoms with Gasteiger partial charge in [0.2, 0.25) is 5.88 Å². The summed E-state index contributed by atoms with van der Waals surface area (Å²) in [5, 5.41) is 12.7. The van der Waals surface area contributed by atoms with Crippen LogP contribution in [0.2, 0.25) is 0 Å². The van der Waals surface area contributed by atoms with Crippen LogP contribution in [0.25, 0.3) is 0 Å². The second-order valence-corrected chi connectivity index (χ2v) is 9.30. The number of carbonyl (C=O) groups excluding carboxylic acids is 2. The molecule has 2 aromatic rings. The van der Waals surface area contributed by atoms with Crippen molar-refractivity contribution in [3.05, 3.63) is 53.7 Å². The fourth-order valence-corrected chi connectivity index (χ4v) is 3.71. The lowest BCUT2D eigenvalue weighted by atomic mass is 10.00. The number of anilines is 1. The number of hydrogen-bond acceptors (Lipinski definition) is 5. The van der Waals surface area contributed by atoms with Gasteiger partial charge in [-0.05, 0) is 25.1 Å². The van der Waals surface area contributed by atoms with Gasteiger partial charge in [0.05, 0.1) is 19.2 Å². The SMILES string of the molecule is CC(C)C#Cc1cnc2c(c1)C(=O)N([C@H](C)CO)C[C@@H](C)[C@H](CN(C)C(=O)Nc1ccccc1)O2. The van der Waals surface area contributed by atoms with E-state index in [4.69, 9.17) is 4.74 Å². The van der Waals surface area contributed by atoms with Gasteiger partial charge >= 0.3 is 6.03 Å². The van der Waals surface area contributed by atoms with Crippen molar-refractivity contribution < 1.29 is 19.4 Å². The molecule has 1 aromatic carbocycles. The Morgan fingerprint density at radius 1 is 1.31 bits per heavy atom. The molecule has 0 saturated carbocycles. The van der Waals surface area contributed by atoms with Gasteiger partial charge in [-0.1, -0.05) is 50.8 Å². The quantitative estimate of drug-likeness (QED) is 0.642. The molecular formula is C27H34N4O4. The average Bonchev–Trinajstić information content (AvgIpc) is 2.84. The molecular weight excluding hydrogens is 444 g/mol. The zero-order valence-electron chi connectivity index (χ0n) is 21.0. The van der Waals surface area contributed by atoms with Crippen molar-refractivity contribution in [2.24, 2.45) is 11.8 Å². The minimum atomic E-state index is -0.429. The van der Waals surface area contributed by atoms with Gasteiger partial charge < -0.3 is 25.0 Å². The zero-order chi connectivity index (χ0) is 25.5.